The van der Waals surface area contributed by atoms with Gasteiger partial charge in [-0.3, -0.25) is 9.67 Å². The summed E-state index contributed by atoms with van der Waals surface area (Å²) in [5, 5.41) is 13.4. The van der Waals surface area contributed by atoms with Crippen molar-refractivity contribution in [2.75, 3.05) is 0 Å². The molecular formula is C12H13N3O2. The normalized spacial score (nSPS) is 10.4. The van der Waals surface area contributed by atoms with E-state index in [0.717, 1.165) is 6.42 Å². The number of aromatic carboxylic acids is 1. The van der Waals surface area contributed by atoms with E-state index in [9.17, 15) is 4.79 Å². The average molecular weight is 231 g/mol. The Bertz CT molecular complexity index is 520. The number of nitrogens with zero attached hydrogens (tertiary/aromatic N) is 3. The van der Waals surface area contributed by atoms with Crippen LogP contribution >= 0.6 is 0 Å². The van der Waals surface area contributed by atoms with E-state index in [0.29, 0.717) is 17.9 Å². The fraction of sp³-hybridized carbons (Fsp3) is 0.250. The molecule has 0 unspecified atom stereocenters. The topological polar surface area (TPSA) is 68.0 Å². The van der Waals surface area contributed by atoms with Crippen LogP contribution < -0.4 is 0 Å². The quantitative estimate of drug-likeness (QED) is 0.874. The highest BCUT2D eigenvalue weighted by Crippen LogP contribution is 2.19. The first-order valence-electron chi connectivity index (χ1n) is 5.44. The maximum absolute atomic E-state index is 11.1. The van der Waals surface area contributed by atoms with Crippen LogP contribution in [0.2, 0.25) is 0 Å². The van der Waals surface area contributed by atoms with Gasteiger partial charge in [-0.2, -0.15) is 5.10 Å². The number of aromatic nitrogens is 3. The van der Waals surface area contributed by atoms with E-state index < -0.39 is 5.97 Å². The van der Waals surface area contributed by atoms with Gasteiger partial charge in [0.2, 0.25) is 0 Å². The molecule has 0 radical (unpaired) electrons. The summed E-state index contributed by atoms with van der Waals surface area (Å²) < 4.78 is 1.65. The van der Waals surface area contributed by atoms with Gasteiger partial charge in [-0.15, -0.1) is 0 Å². The molecule has 2 heterocycles. The number of rotatable bonds is 4. The lowest BCUT2D eigenvalue weighted by Crippen LogP contribution is -1.97. The SMILES string of the molecule is CCCn1cc(C(=O)O)c(-c2ccccn2)n1. The Kier molecular flexibility index (Phi) is 3.18. The van der Waals surface area contributed by atoms with Crippen LogP contribution in [-0.4, -0.2) is 25.8 Å². The van der Waals surface area contributed by atoms with Crippen LogP contribution in [0.1, 0.15) is 23.7 Å². The Balaban J connectivity index is 2.48. The number of carboxylic acids is 1. The van der Waals surface area contributed by atoms with Crippen molar-refractivity contribution in [3.05, 3.63) is 36.2 Å². The molecule has 0 atom stereocenters. The van der Waals surface area contributed by atoms with E-state index in [-0.39, 0.29) is 5.56 Å². The molecule has 2 rings (SSSR count). The molecule has 0 saturated heterocycles. The second kappa shape index (κ2) is 4.78. The molecule has 0 aliphatic carbocycles. The fourth-order valence-corrected chi connectivity index (χ4v) is 1.61. The molecule has 5 nitrogen and oxygen atoms in total. The minimum Gasteiger partial charge on any atom is -0.478 e. The molecule has 0 spiro atoms. The Labute approximate surface area is 98.7 Å². The zero-order valence-electron chi connectivity index (χ0n) is 9.50. The Morgan fingerprint density at radius 2 is 2.29 bits per heavy atom. The van der Waals surface area contributed by atoms with Crippen molar-refractivity contribution in [1.82, 2.24) is 14.8 Å². The molecule has 0 fully saturated rings. The average Bonchev–Trinajstić information content (AvgIpc) is 2.75. The van der Waals surface area contributed by atoms with Crippen LogP contribution in [0.4, 0.5) is 0 Å². The third kappa shape index (κ3) is 2.33. The lowest BCUT2D eigenvalue weighted by molar-refractivity contribution is 0.0697. The third-order valence-corrected chi connectivity index (χ3v) is 2.35. The minimum atomic E-state index is -0.979. The number of hydrogen-bond acceptors (Lipinski definition) is 3. The van der Waals surface area contributed by atoms with Crippen molar-refractivity contribution in [3.63, 3.8) is 0 Å². The first-order chi connectivity index (χ1) is 8.22. The van der Waals surface area contributed by atoms with Crippen molar-refractivity contribution in [3.8, 4) is 11.4 Å². The molecule has 0 aliphatic heterocycles. The second-order valence-corrected chi connectivity index (χ2v) is 3.67. The summed E-state index contributed by atoms with van der Waals surface area (Å²) in [7, 11) is 0. The Morgan fingerprint density at radius 3 is 2.88 bits per heavy atom. The van der Waals surface area contributed by atoms with Gasteiger partial charge in [0.15, 0.2) is 0 Å². The van der Waals surface area contributed by atoms with E-state index in [1.807, 2.05) is 13.0 Å². The van der Waals surface area contributed by atoms with E-state index in [1.165, 1.54) is 0 Å². The first kappa shape index (κ1) is 11.3. The second-order valence-electron chi connectivity index (χ2n) is 3.67. The van der Waals surface area contributed by atoms with Crippen molar-refractivity contribution < 1.29 is 9.90 Å². The highest BCUT2D eigenvalue weighted by atomic mass is 16.4. The van der Waals surface area contributed by atoms with Gasteiger partial charge in [-0.25, -0.2) is 4.79 Å². The number of aryl methyl sites for hydroxylation is 1. The van der Waals surface area contributed by atoms with E-state index in [4.69, 9.17) is 5.11 Å². The van der Waals surface area contributed by atoms with Gasteiger partial charge in [-0.1, -0.05) is 13.0 Å². The van der Waals surface area contributed by atoms with Crippen molar-refractivity contribution in [2.24, 2.45) is 0 Å². The summed E-state index contributed by atoms with van der Waals surface area (Å²) in [6.45, 7) is 2.72. The van der Waals surface area contributed by atoms with Gasteiger partial charge in [-0.05, 0) is 18.6 Å². The summed E-state index contributed by atoms with van der Waals surface area (Å²) in [5.74, 6) is -0.979. The van der Waals surface area contributed by atoms with Crippen LogP contribution in [0.15, 0.2) is 30.6 Å². The van der Waals surface area contributed by atoms with Crippen LogP contribution in [0, 0.1) is 0 Å². The minimum absolute atomic E-state index is 0.192. The molecule has 88 valence electrons. The van der Waals surface area contributed by atoms with Crippen LogP contribution in [0.3, 0.4) is 0 Å². The van der Waals surface area contributed by atoms with Crippen LogP contribution in [0.5, 0.6) is 0 Å². The van der Waals surface area contributed by atoms with Crippen LogP contribution in [0.25, 0.3) is 11.4 Å². The molecule has 0 amide bonds. The maximum Gasteiger partial charge on any atom is 0.339 e. The predicted octanol–water partition coefficient (Wildman–Crippen LogP) is 2.05. The van der Waals surface area contributed by atoms with E-state index in [2.05, 4.69) is 10.1 Å². The molecule has 2 aromatic rings. The van der Waals surface area contributed by atoms with Crippen LogP contribution in [-0.2, 0) is 6.54 Å². The summed E-state index contributed by atoms with van der Waals surface area (Å²) >= 11 is 0. The van der Waals surface area contributed by atoms with Crippen molar-refractivity contribution >= 4 is 5.97 Å². The highest BCUT2D eigenvalue weighted by molar-refractivity contribution is 5.94. The molecule has 2 aromatic heterocycles. The number of hydrogen-bond donors (Lipinski definition) is 1. The summed E-state index contributed by atoms with van der Waals surface area (Å²) in [4.78, 5) is 15.3. The van der Waals surface area contributed by atoms with Gasteiger partial charge < -0.3 is 5.11 Å². The van der Waals surface area contributed by atoms with Gasteiger partial charge >= 0.3 is 5.97 Å². The van der Waals surface area contributed by atoms with Gasteiger partial charge in [0.25, 0.3) is 0 Å². The number of carbonyl (C=O) groups is 1. The molecule has 17 heavy (non-hydrogen) atoms. The largest absolute Gasteiger partial charge is 0.478 e. The smallest absolute Gasteiger partial charge is 0.339 e. The lowest BCUT2D eigenvalue weighted by atomic mass is 10.2. The van der Waals surface area contributed by atoms with Gasteiger partial charge in [0.1, 0.15) is 11.3 Å². The summed E-state index contributed by atoms with van der Waals surface area (Å²) in [5.41, 5.74) is 1.20. The van der Waals surface area contributed by atoms with E-state index in [1.54, 1.807) is 29.2 Å². The Hall–Kier alpha value is -2.17. The first-order valence-corrected chi connectivity index (χ1v) is 5.44. The standard InChI is InChI=1S/C12H13N3O2/c1-2-7-15-8-9(12(16)17)11(14-15)10-5-3-4-6-13-10/h3-6,8H,2,7H2,1H3,(H,16,17). The van der Waals surface area contributed by atoms with Crippen molar-refractivity contribution in [1.29, 1.82) is 0 Å². The predicted molar refractivity (Wildman–Crippen MR) is 62.7 cm³/mol. The fourth-order valence-electron chi connectivity index (χ4n) is 1.61. The number of pyridine rings is 1. The maximum atomic E-state index is 11.1. The third-order valence-electron chi connectivity index (χ3n) is 2.35. The Morgan fingerprint density at radius 1 is 1.47 bits per heavy atom. The van der Waals surface area contributed by atoms with Crippen molar-refractivity contribution in [2.45, 2.75) is 19.9 Å². The highest BCUT2D eigenvalue weighted by Gasteiger charge is 2.17. The molecule has 0 bridgehead atoms. The van der Waals surface area contributed by atoms with E-state index >= 15 is 0 Å². The zero-order chi connectivity index (χ0) is 12.3. The molecule has 5 heteroatoms. The lowest BCUT2D eigenvalue weighted by Gasteiger charge is -1.97. The summed E-state index contributed by atoms with van der Waals surface area (Å²) in [6, 6.07) is 5.35. The molecule has 1 N–H and O–H groups in total. The molecular weight excluding hydrogens is 218 g/mol. The molecule has 0 aromatic carbocycles. The summed E-state index contributed by atoms with van der Waals surface area (Å²) in [6.07, 6.45) is 4.08. The molecule has 0 saturated carbocycles. The van der Waals surface area contributed by atoms with Gasteiger partial charge in [0, 0.05) is 18.9 Å². The zero-order valence-corrected chi connectivity index (χ0v) is 9.50. The molecule has 0 aliphatic rings. The monoisotopic (exact) mass is 231 g/mol. The van der Waals surface area contributed by atoms with Gasteiger partial charge in [0.05, 0.1) is 5.69 Å². The number of carboxylic acid groups (broad SMARTS) is 1.